The van der Waals surface area contributed by atoms with E-state index >= 15 is 0 Å². The van der Waals surface area contributed by atoms with Gasteiger partial charge >= 0.3 is 0 Å². The molecule has 1 unspecified atom stereocenters. The fourth-order valence-corrected chi connectivity index (χ4v) is 5.84. The van der Waals surface area contributed by atoms with Crippen molar-refractivity contribution in [1.29, 1.82) is 0 Å². The Morgan fingerprint density at radius 1 is 1.31 bits per heavy atom. The van der Waals surface area contributed by atoms with Gasteiger partial charge in [0, 0.05) is 17.6 Å². The van der Waals surface area contributed by atoms with Crippen LogP contribution in [0.1, 0.15) is 64.2 Å². The first-order valence-electron chi connectivity index (χ1n) is 10.9. The third-order valence-corrected chi connectivity index (χ3v) is 7.44. The number of nitrogens with zero attached hydrogens (tertiary/aromatic N) is 3. The zero-order valence-electron chi connectivity index (χ0n) is 19.4. The number of aromatic nitrogens is 2. The number of anilines is 1. The maximum Gasteiger partial charge on any atom is 0.276 e. The molecule has 32 heavy (non-hydrogen) atoms. The Kier molecular flexibility index (Phi) is 5.85. The molecule has 0 saturated heterocycles. The largest absolute Gasteiger partial charge is 0.365 e. The van der Waals surface area contributed by atoms with Crippen molar-refractivity contribution in [2.24, 2.45) is 17.1 Å². The van der Waals surface area contributed by atoms with Crippen LogP contribution >= 0.6 is 11.3 Å². The highest BCUT2D eigenvalue weighted by molar-refractivity contribution is 7.17. The number of thiophene rings is 1. The van der Waals surface area contributed by atoms with Crippen LogP contribution in [-0.4, -0.2) is 40.2 Å². The second kappa shape index (κ2) is 8.33. The topological polar surface area (TPSA) is 92.7 Å². The number of carbonyl (C=O) groups excluding carboxylic acids is 2. The number of carbonyl (C=O) groups is 2. The minimum atomic E-state index is -0.490. The SMILES string of the molecule is CN(C)Cc1c(C(=O)Nc2sc3c(c2C(N)=O)CCC(C(C)(C)C)C3)nc2ccccn12. The molecular formula is C24H31N5O2S. The van der Waals surface area contributed by atoms with Crippen LogP contribution in [0.15, 0.2) is 24.4 Å². The molecule has 170 valence electrons. The molecule has 0 aromatic carbocycles. The number of nitrogens with two attached hydrogens (primary N) is 1. The molecule has 0 fully saturated rings. The smallest absolute Gasteiger partial charge is 0.276 e. The first-order valence-corrected chi connectivity index (χ1v) is 11.7. The lowest BCUT2D eigenvalue weighted by molar-refractivity contribution is 0.1000. The summed E-state index contributed by atoms with van der Waals surface area (Å²) < 4.78 is 1.93. The molecule has 0 spiro atoms. The maximum atomic E-state index is 13.3. The Labute approximate surface area is 192 Å². The van der Waals surface area contributed by atoms with Crippen molar-refractivity contribution >= 4 is 33.8 Å². The van der Waals surface area contributed by atoms with E-state index in [1.54, 1.807) is 0 Å². The molecule has 3 aromatic rings. The number of fused-ring (bicyclic) bond motifs is 2. The van der Waals surface area contributed by atoms with Crippen LogP contribution in [0, 0.1) is 11.3 Å². The van der Waals surface area contributed by atoms with Gasteiger partial charge in [-0.25, -0.2) is 4.98 Å². The predicted molar refractivity (Wildman–Crippen MR) is 128 cm³/mol. The van der Waals surface area contributed by atoms with Crippen LogP contribution in [-0.2, 0) is 19.4 Å². The van der Waals surface area contributed by atoms with Crippen molar-refractivity contribution < 1.29 is 9.59 Å². The minimum Gasteiger partial charge on any atom is -0.365 e. The van der Waals surface area contributed by atoms with E-state index in [0.717, 1.165) is 35.4 Å². The molecule has 8 heteroatoms. The first-order chi connectivity index (χ1) is 15.1. The molecule has 0 bridgehead atoms. The van der Waals surface area contributed by atoms with E-state index in [1.165, 1.54) is 11.3 Å². The highest BCUT2D eigenvalue weighted by Crippen LogP contribution is 2.44. The van der Waals surface area contributed by atoms with Gasteiger partial charge in [-0.15, -0.1) is 11.3 Å². The van der Waals surface area contributed by atoms with E-state index in [2.05, 4.69) is 31.1 Å². The fourth-order valence-electron chi connectivity index (χ4n) is 4.52. The number of primary amides is 1. The first kappa shape index (κ1) is 22.5. The molecule has 0 saturated carbocycles. The standard InChI is InChI=1S/C24H31N5O2S/c1-24(2,3)14-9-10-15-17(12-14)32-23(19(15)21(25)30)27-22(31)20-16(13-28(4)5)29-11-7-6-8-18(29)26-20/h6-8,11,14H,9-10,12-13H2,1-5H3,(H2,25,30)(H,27,31). The quantitative estimate of drug-likeness (QED) is 0.612. The summed E-state index contributed by atoms with van der Waals surface area (Å²) in [5.41, 5.74) is 9.29. The number of rotatable bonds is 5. The Balaban J connectivity index is 1.70. The number of pyridine rings is 1. The molecule has 7 nitrogen and oxygen atoms in total. The number of imidazole rings is 1. The minimum absolute atomic E-state index is 0.190. The Morgan fingerprint density at radius 2 is 2.06 bits per heavy atom. The highest BCUT2D eigenvalue weighted by Gasteiger charge is 2.34. The molecule has 3 N–H and O–H groups in total. The van der Waals surface area contributed by atoms with Gasteiger partial charge in [-0.3, -0.25) is 9.59 Å². The molecule has 2 amide bonds. The predicted octanol–water partition coefficient (Wildman–Crippen LogP) is 3.96. The Morgan fingerprint density at radius 3 is 2.72 bits per heavy atom. The zero-order valence-corrected chi connectivity index (χ0v) is 20.2. The summed E-state index contributed by atoms with van der Waals surface area (Å²) in [6, 6.07) is 5.69. The lowest BCUT2D eigenvalue weighted by Gasteiger charge is -2.33. The molecule has 1 aliphatic rings. The average molecular weight is 454 g/mol. The molecule has 3 heterocycles. The summed E-state index contributed by atoms with van der Waals surface area (Å²) in [5, 5.41) is 3.51. The maximum absolute atomic E-state index is 13.3. The summed E-state index contributed by atoms with van der Waals surface area (Å²) in [7, 11) is 3.91. The van der Waals surface area contributed by atoms with Crippen LogP contribution in [0.4, 0.5) is 5.00 Å². The third-order valence-electron chi connectivity index (χ3n) is 6.27. The van der Waals surface area contributed by atoms with Crippen LogP contribution in [0.5, 0.6) is 0 Å². The van der Waals surface area contributed by atoms with Gasteiger partial charge < -0.3 is 20.4 Å². The molecule has 4 rings (SSSR count). The van der Waals surface area contributed by atoms with Gasteiger partial charge in [0.05, 0.1) is 11.3 Å². The van der Waals surface area contributed by atoms with Gasteiger partial charge in [-0.05, 0) is 62.4 Å². The van der Waals surface area contributed by atoms with Gasteiger partial charge in [-0.2, -0.15) is 0 Å². The highest BCUT2D eigenvalue weighted by atomic mass is 32.1. The summed E-state index contributed by atoms with van der Waals surface area (Å²) in [6.07, 6.45) is 4.63. The number of nitrogens with one attached hydrogen (secondary N) is 1. The Hall–Kier alpha value is -2.71. The molecular weight excluding hydrogens is 422 g/mol. The van der Waals surface area contributed by atoms with Crippen LogP contribution < -0.4 is 11.1 Å². The van der Waals surface area contributed by atoms with Gasteiger partial charge in [-0.1, -0.05) is 26.8 Å². The Bertz CT molecular complexity index is 1190. The zero-order chi connectivity index (χ0) is 23.2. The molecule has 1 aliphatic carbocycles. The molecule has 1 atom stereocenters. The van der Waals surface area contributed by atoms with E-state index in [-0.39, 0.29) is 11.3 Å². The summed E-state index contributed by atoms with van der Waals surface area (Å²) in [5.74, 6) is -0.280. The number of amides is 2. The van der Waals surface area contributed by atoms with Crippen molar-refractivity contribution in [3.05, 3.63) is 51.8 Å². The normalized spacial score (nSPS) is 16.4. The van der Waals surface area contributed by atoms with E-state index in [4.69, 9.17) is 5.73 Å². The van der Waals surface area contributed by atoms with Gasteiger partial charge in [0.15, 0.2) is 5.69 Å². The van der Waals surface area contributed by atoms with Gasteiger partial charge in [0.2, 0.25) is 0 Å². The fraction of sp³-hybridized carbons (Fsp3) is 0.458. The number of hydrogen-bond donors (Lipinski definition) is 2. The number of hydrogen-bond acceptors (Lipinski definition) is 5. The van der Waals surface area contributed by atoms with Crippen LogP contribution in [0.25, 0.3) is 5.65 Å². The van der Waals surface area contributed by atoms with Gasteiger partial charge in [0.1, 0.15) is 10.6 Å². The third kappa shape index (κ3) is 4.17. The monoisotopic (exact) mass is 453 g/mol. The van der Waals surface area contributed by atoms with E-state index in [1.807, 2.05) is 47.8 Å². The van der Waals surface area contributed by atoms with E-state index in [0.29, 0.717) is 34.4 Å². The second-order valence-electron chi connectivity index (χ2n) is 9.91. The van der Waals surface area contributed by atoms with Crippen molar-refractivity contribution in [2.75, 3.05) is 19.4 Å². The summed E-state index contributed by atoms with van der Waals surface area (Å²) in [4.78, 5) is 33.4. The lowest BCUT2D eigenvalue weighted by atomic mass is 9.72. The molecule has 0 aliphatic heterocycles. The lowest BCUT2D eigenvalue weighted by Crippen LogP contribution is -2.27. The molecule has 3 aromatic heterocycles. The summed E-state index contributed by atoms with van der Waals surface area (Å²) in [6.45, 7) is 7.32. The van der Waals surface area contributed by atoms with E-state index < -0.39 is 5.91 Å². The van der Waals surface area contributed by atoms with Crippen LogP contribution in [0.2, 0.25) is 0 Å². The van der Waals surface area contributed by atoms with E-state index in [9.17, 15) is 9.59 Å². The molecule has 0 radical (unpaired) electrons. The van der Waals surface area contributed by atoms with Crippen LogP contribution in [0.3, 0.4) is 0 Å². The van der Waals surface area contributed by atoms with Gasteiger partial charge in [0.25, 0.3) is 11.8 Å². The average Bonchev–Trinajstić information content (AvgIpc) is 3.24. The van der Waals surface area contributed by atoms with Crippen molar-refractivity contribution in [1.82, 2.24) is 14.3 Å². The second-order valence-corrected chi connectivity index (χ2v) is 11.0. The summed E-state index contributed by atoms with van der Waals surface area (Å²) >= 11 is 1.48. The van der Waals surface area contributed by atoms with Crippen molar-refractivity contribution in [3.63, 3.8) is 0 Å². The van der Waals surface area contributed by atoms with Crippen molar-refractivity contribution in [2.45, 2.75) is 46.6 Å². The van der Waals surface area contributed by atoms with Crippen molar-refractivity contribution in [3.8, 4) is 0 Å².